The average Bonchev–Trinajstić information content (AvgIpc) is 2.94. The average molecular weight is 293 g/mol. The van der Waals surface area contributed by atoms with Crippen LogP contribution in [-0.4, -0.2) is 28.4 Å². The Balaban J connectivity index is 0.00000147. The molecular formula is C14H17ClN4O. The number of anilines is 1. The van der Waals surface area contributed by atoms with E-state index >= 15 is 0 Å². The summed E-state index contributed by atoms with van der Waals surface area (Å²) in [5.74, 6) is 1.06. The van der Waals surface area contributed by atoms with E-state index in [9.17, 15) is 5.11 Å². The van der Waals surface area contributed by atoms with Gasteiger partial charge < -0.3 is 16.2 Å². The first kappa shape index (κ1) is 14.6. The van der Waals surface area contributed by atoms with E-state index in [0.29, 0.717) is 23.0 Å². The number of nitrogens with two attached hydrogens (primary N) is 1. The summed E-state index contributed by atoms with van der Waals surface area (Å²) in [7, 11) is 0. The molecule has 1 aliphatic rings. The minimum absolute atomic E-state index is 0. The van der Waals surface area contributed by atoms with E-state index in [2.05, 4.69) is 15.5 Å². The fourth-order valence-corrected chi connectivity index (χ4v) is 2.48. The van der Waals surface area contributed by atoms with Gasteiger partial charge in [0, 0.05) is 23.6 Å². The number of nitrogens with zero attached hydrogens (tertiary/aromatic N) is 2. The molecule has 1 saturated heterocycles. The van der Waals surface area contributed by atoms with Crippen molar-refractivity contribution in [1.29, 1.82) is 0 Å². The normalized spacial score (nSPS) is 17.7. The number of aromatic nitrogens is 2. The molecule has 0 spiro atoms. The van der Waals surface area contributed by atoms with Crippen LogP contribution in [0.4, 0.5) is 5.82 Å². The standard InChI is InChI=1S/C14H16N4O.ClH/c15-14-11(9-5-6-16-8-9)7-12(17-18-14)10-3-1-2-4-13(10)19;/h1-4,7,9,16,19H,5-6,8H2,(H2,15,18);1H. The smallest absolute Gasteiger partial charge is 0.149 e. The van der Waals surface area contributed by atoms with E-state index < -0.39 is 0 Å². The number of nitrogen functional groups attached to an aromatic ring is 1. The van der Waals surface area contributed by atoms with E-state index in [1.807, 2.05) is 18.2 Å². The summed E-state index contributed by atoms with van der Waals surface area (Å²) in [5, 5.41) is 21.3. The van der Waals surface area contributed by atoms with Crippen molar-refractivity contribution in [2.45, 2.75) is 12.3 Å². The molecule has 0 aliphatic carbocycles. The highest BCUT2D eigenvalue weighted by Crippen LogP contribution is 2.32. The van der Waals surface area contributed by atoms with Gasteiger partial charge in [0.15, 0.2) is 0 Å². The molecule has 1 unspecified atom stereocenters. The lowest BCUT2D eigenvalue weighted by Crippen LogP contribution is -2.10. The Hall–Kier alpha value is -1.85. The van der Waals surface area contributed by atoms with Crippen LogP contribution in [0.5, 0.6) is 5.75 Å². The van der Waals surface area contributed by atoms with Crippen LogP contribution in [0.3, 0.4) is 0 Å². The molecule has 1 atom stereocenters. The summed E-state index contributed by atoms with van der Waals surface area (Å²) in [5.41, 5.74) is 8.28. The maximum absolute atomic E-state index is 9.88. The third-order valence-electron chi connectivity index (χ3n) is 3.53. The number of rotatable bonds is 2. The third kappa shape index (κ3) is 2.69. The molecule has 3 rings (SSSR count). The Morgan fingerprint density at radius 2 is 2.05 bits per heavy atom. The second-order valence-corrected chi connectivity index (χ2v) is 4.78. The van der Waals surface area contributed by atoms with Gasteiger partial charge >= 0.3 is 0 Å². The van der Waals surface area contributed by atoms with Crippen LogP contribution in [0, 0.1) is 0 Å². The second-order valence-electron chi connectivity index (χ2n) is 4.78. The number of phenolic OH excluding ortho intramolecular Hbond substituents is 1. The highest BCUT2D eigenvalue weighted by Gasteiger charge is 2.21. The fourth-order valence-electron chi connectivity index (χ4n) is 2.48. The van der Waals surface area contributed by atoms with Crippen LogP contribution in [0.1, 0.15) is 17.9 Å². The molecule has 1 aromatic heterocycles. The SMILES string of the molecule is Cl.Nc1nnc(-c2ccccc2O)cc1C1CCNC1. The fraction of sp³-hybridized carbons (Fsp3) is 0.286. The molecule has 0 amide bonds. The first-order valence-corrected chi connectivity index (χ1v) is 6.38. The van der Waals surface area contributed by atoms with Crippen molar-refractivity contribution in [3.05, 3.63) is 35.9 Å². The zero-order valence-electron chi connectivity index (χ0n) is 10.9. The zero-order chi connectivity index (χ0) is 13.2. The molecule has 0 bridgehead atoms. The van der Waals surface area contributed by atoms with Crippen molar-refractivity contribution < 1.29 is 5.11 Å². The van der Waals surface area contributed by atoms with E-state index in [1.165, 1.54) is 0 Å². The molecular weight excluding hydrogens is 276 g/mol. The molecule has 5 nitrogen and oxygen atoms in total. The van der Waals surface area contributed by atoms with E-state index in [1.54, 1.807) is 12.1 Å². The maximum atomic E-state index is 9.88. The van der Waals surface area contributed by atoms with Gasteiger partial charge in [-0.2, -0.15) is 0 Å². The molecule has 1 aliphatic heterocycles. The van der Waals surface area contributed by atoms with Crippen LogP contribution in [0.15, 0.2) is 30.3 Å². The van der Waals surface area contributed by atoms with Gasteiger partial charge in [-0.15, -0.1) is 22.6 Å². The summed E-state index contributed by atoms with van der Waals surface area (Å²) in [4.78, 5) is 0. The van der Waals surface area contributed by atoms with E-state index in [4.69, 9.17) is 5.73 Å². The molecule has 20 heavy (non-hydrogen) atoms. The van der Waals surface area contributed by atoms with Gasteiger partial charge in [0.25, 0.3) is 0 Å². The number of phenols is 1. The van der Waals surface area contributed by atoms with Gasteiger partial charge in [0.1, 0.15) is 11.6 Å². The Morgan fingerprint density at radius 1 is 1.25 bits per heavy atom. The number of hydrogen-bond acceptors (Lipinski definition) is 5. The Bertz CT molecular complexity index is 599. The van der Waals surface area contributed by atoms with Crippen LogP contribution in [-0.2, 0) is 0 Å². The van der Waals surface area contributed by atoms with Crippen molar-refractivity contribution in [2.24, 2.45) is 0 Å². The number of hydrogen-bond donors (Lipinski definition) is 3. The summed E-state index contributed by atoms with van der Waals surface area (Å²) >= 11 is 0. The lowest BCUT2D eigenvalue weighted by Gasteiger charge is -2.12. The summed E-state index contributed by atoms with van der Waals surface area (Å²) in [6, 6.07) is 9.06. The number of aromatic hydroxyl groups is 1. The van der Waals surface area contributed by atoms with Crippen LogP contribution in [0.2, 0.25) is 0 Å². The number of nitrogens with one attached hydrogen (secondary N) is 1. The highest BCUT2D eigenvalue weighted by atomic mass is 35.5. The topological polar surface area (TPSA) is 84.1 Å². The predicted molar refractivity (Wildman–Crippen MR) is 81.0 cm³/mol. The van der Waals surface area contributed by atoms with Crippen molar-refractivity contribution in [3.63, 3.8) is 0 Å². The van der Waals surface area contributed by atoms with Crippen LogP contribution < -0.4 is 11.1 Å². The lowest BCUT2D eigenvalue weighted by molar-refractivity contribution is 0.477. The highest BCUT2D eigenvalue weighted by molar-refractivity contribution is 5.85. The van der Waals surface area contributed by atoms with Crippen molar-refractivity contribution in [1.82, 2.24) is 15.5 Å². The Labute approximate surface area is 123 Å². The molecule has 2 heterocycles. The van der Waals surface area contributed by atoms with Crippen molar-refractivity contribution >= 4 is 18.2 Å². The molecule has 106 valence electrons. The van der Waals surface area contributed by atoms with Gasteiger partial charge in [-0.25, -0.2) is 0 Å². The summed E-state index contributed by atoms with van der Waals surface area (Å²) in [6.45, 7) is 1.91. The minimum atomic E-state index is 0. The molecule has 4 N–H and O–H groups in total. The van der Waals surface area contributed by atoms with E-state index in [-0.39, 0.29) is 18.2 Å². The molecule has 2 aromatic rings. The third-order valence-corrected chi connectivity index (χ3v) is 3.53. The minimum Gasteiger partial charge on any atom is -0.507 e. The Kier molecular flexibility index (Phi) is 4.42. The number of benzene rings is 1. The second kappa shape index (κ2) is 6.07. The van der Waals surface area contributed by atoms with E-state index in [0.717, 1.165) is 25.1 Å². The van der Waals surface area contributed by atoms with Gasteiger partial charge in [0.05, 0.1) is 5.69 Å². The molecule has 0 saturated carbocycles. The van der Waals surface area contributed by atoms with Gasteiger partial charge in [-0.3, -0.25) is 0 Å². The van der Waals surface area contributed by atoms with Crippen LogP contribution >= 0.6 is 12.4 Å². The van der Waals surface area contributed by atoms with Crippen molar-refractivity contribution in [3.8, 4) is 17.0 Å². The molecule has 6 heteroatoms. The molecule has 1 aromatic carbocycles. The van der Waals surface area contributed by atoms with Crippen molar-refractivity contribution in [2.75, 3.05) is 18.8 Å². The summed E-state index contributed by atoms with van der Waals surface area (Å²) in [6.07, 6.45) is 1.05. The molecule has 0 radical (unpaired) electrons. The van der Waals surface area contributed by atoms with Gasteiger partial charge in [0.2, 0.25) is 0 Å². The first-order chi connectivity index (χ1) is 9.25. The number of halogens is 1. The Morgan fingerprint density at radius 3 is 2.75 bits per heavy atom. The largest absolute Gasteiger partial charge is 0.507 e. The monoisotopic (exact) mass is 292 g/mol. The maximum Gasteiger partial charge on any atom is 0.149 e. The zero-order valence-corrected chi connectivity index (χ0v) is 11.7. The predicted octanol–water partition coefficient (Wildman–Crippen LogP) is 1.93. The first-order valence-electron chi connectivity index (χ1n) is 6.38. The summed E-state index contributed by atoms with van der Waals surface area (Å²) < 4.78 is 0. The van der Waals surface area contributed by atoms with Gasteiger partial charge in [-0.05, 0) is 31.2 Å². The molecule has 1 fully saturated rings. The lowest BCUT2D eigenvalue weighted by atomic mass is 9.97. The van der Waals surface area contributed by atoms with Gasteiger partial charge in [-0.1, -0.05) is 12.1 Å². The number of para-hydroxylation sites is 1. The van der Waals surface area contributed by atoms with Crippen LogP contribution in [0.25, 0.3) is 11.3 Å². The quantitative estimate of drug-likeness (QED) is 0.788.